The summed E-state index contributed by atoms with van der Waals surface area (Å²) < 4.78 is 0. The van der Waals surface area contributed by atoms with E-state index in [0.717, 1.165) is 31.9 Å². The fourth-order valence-electron chi connectivity index (χ4n) is 1.22. The normalized spacial score (nSPS) is 11.1. The first-order valence-electron chi connectivity index (χ1n) is 4.77. The predicted molar refractivity (Wildman–Crippen MR) is 55.1 cm³/mol. The van der Waals surface area contributed by atoms with E-state index >= 15 is 0 Å². The molecule has 0 aliphatic heterocycles. The molecule has 14 heavy (non-hydrogen) atoms. The van der Waals surface area contributed by atoms with Crippen molar-refractivity contribution in [3.63, 3.8) is 0 Å². The van der Waals surface area contributed by atoms with E-state index in [1.807, 2.05) is 0 Å². The first-order chi connectivity index (χ1) is 6.76. The zero-order valence-electron chi connectivity index (χ0n) is 8.65. The largest absolute Gasteiger partial charge is 0.296 e. The molecule has 0 fully saturated rings. The van der Waals surface area contributed by atoms with Crippen molar-refractivity contribution in [1.29, 1.82) is 0 Å². The van der Waals surface area contributed by atoms with Gasteiger partial charge in [-0.25, -0.2) is 0 Å². The lowest BCUT2D eigenvalue weighted by atomic mass is 10.4. The summed E-state index contributed by atoms with van der Waals surface area (Å²) in [5, 5.41) is 11.9. The average molecular weight is 218 g/mol. The van der Waals surface area contributed by atoms with Gasteiger partial charge in [0.15, 0.2) is 5.82 Å². The highest BCUT2D eigenvalue weighted by molar-refractivity contribution is 6.17. The quantitative estimate of drug-likeness (QED) is 0.657. The number of hydrogen-bond acceptors (Lipinski definition) is 4. The Balaban J connectivity index is 2.40. The topological polar surface area (TPSA) is 46.8 Å². The Bertz CT molecular complexity index is 262. The van der Waals surface area contributed by atoms with Crippen molar-refractivity contribution in [1.82, 2.24) is 25.1 Å². The molecule has 1 aromatic rings. The number of nitrogens with zero attached hydrogens (tertiary/aromatic N) is 5. The summed E-state index contributed by atoms with van der Waals surface area (Å²) in [5.74, 6) is 1.47. The molecule has 0 aromatic carbocycles. The van der Waals surface area contributed by atoms with Crippen LogP contribution in [0, 0.1) is 0 Å². The van der Waals surface area contributed by atoms with Crippen LogP contribution in [0.1, 0.15) is 19.2 Å². The van der Waals surface area contributed by atoms with Crippen LogP contribution in [0.2, 0.25) is 0 Å². The van der Waals surface area contributed by atoms with E-state index < -0.39 is 0 Å². The second kappa shape index (κ2) is 5.93. The molecule has 1 aromatic heterocycles. The molecule has 0 saturated carbocycles. The van der Waals surface area contributed by atoms with Crippen molar-refractivity contribution >= 4 is 11.6 Å². The van der Waals surface area contributed by atoms with Gasteiger partial charge >= 0.3 is 0 Å². The highest BCUT2D eigenvalue weighted by atomic mass is 35.5. The van der Waals surface area contributed by atoms with Gasteiger partial charge in [-0.3, -0.25) is 4.90 Å². The van der Waals surface area contributed by atoms with Crippen molar-refractivity contribution in [2.24, 2.45) is 7.05 Å². The minimum atomic E-state index is 0.699. The molecule has 0 spiro atoms. The molecule has 0 saturated heterocycles. The number of halogens is 1. The predicted octanol–water partition coefficient (Wildman–Crippen LogP) is 0.661. The molecule has 0 radical (unpaired) electrons. The summed E-state index contributed by atoms with van der Waals surface area (Å²) >= 11 is 5.64. The van der Waals surface area contributed by atoms with Gasteiger partial charge in [-0.05, 0) is 24.7 Å². The van der Waals surface area contributed by atoms with Crippen LogP contribution >= 0.6 is 11.6 Å². The third-order valence-electron chi connectivity index (χ3n) is 1.97. The van der Waals surface area contributed by atoms with Crippen LogP contribution < -0.4 is 0 Å². The molecule has 0 aliphatic rings. The van der Waals surface area contributed by atoms with Crippen molar-refractivity contribution in [2.75, 3.05) is 19.0 Å². The zero-order chi connectivity index (χ0) is 10.4. The van der Waals surface area contributed by atoms with Crippen LogP contribution in [0.15, 0.2) is 0 Å². The fourth-order valence-corrected chi connectivity index (χ4v) is 1.34. The van der Waals surface area contributed by atoms with Crippen molar-refractivity contribution in [2.45, 2.75) is 19.9 Å². The van der Waals surface area contributed by atoms with Crippen LogP contribution in [-0.4, -0.2) is 44.1 Å². The smallest absolute Gasteiger partial charge is 0.188 e. The van der Waals surface area contributed by atoms with Crippen LogP contribution in [0.4, 0.5) is 0 Å². The third-order valence-corrected chi connectivity index (χ3v) is 2.24. The summed E-state index contributed by atoms with van der Waals surface area (Å²) in [6, 6.07) is 0. The van der Waals surface area contributed by atoms with E-state index in [2.05, 4.69) is 27.2 Å². The first kappa shape index (κ1) is 11.4. The SMILES string of the molecule is CCN(CCCCl)Cc1nnn(C)n1. The van der Waals surface area contributed by atoms with Crippen LogP contribution in [-0.2, 0) is 13.6 Å². The number of tetrazole rings is 1. The van der Waals surface area contributed by atoms with Gasteiger partial charge in [0.05, 0.1) is 13.6 Å². The second-order valence-corrected chi connectivity index (χ2v) is 3.48. The lowest BCUT2D eigenvalue weighted by Crippen LogP contribution is -2.25. The number of rotatable bonds is 6. The molecule has 80 valence electrons. The Morgan fingerprint density at radius 2 is 2.29 bits per heavy atom. The fraction of sp³-hybridized carbons (Fsp3) is 0.875. The molecule has 1 heterocycles. The molecule has 0 aliphatic carbocycles. The van der Waals surface area contributed by atoms with Crippen LogP contribution in [0.3, 0.4) is 0 Å². The maximum atomic E-state index is 5.64. The van der Waals surface area contributed by atoms with Gasteiger partial charge in [-0.1, -0.05) is 6.92 Å². The third kappa shape index (κ3) is 3.59. The van der Waals surface area contributed by atoms with Crippen molar-refractivity contribution < 1.29 is 0 Å². The van der Waals surface area contributed by atoms with E-state index in [-0.39, 0.29) is 0 Å². The Hall–Kier alpha value is -0.680. The molecule has 6 heteroatoms. The molecule has 0 N–H and O–H groups in total. The van der Waals surface area contributed by atoms with E-state index in [0.29, 0.717) is 5.88 Å². The summed E-state index contributed by atoms with van der Waals surface area (Å²) in [6.07, 6.45) is 0.996. The lowest BCUT2D eigenvalue weighted by molar-refractivity contribution is 0.274. The Kier molecular flexibility index (Phi) is 4.82. The number of aromatic nitrogens is 4. The summed E-state index contributed by atoms with van der Waals surface area (Å²) in [6.45, 7) is 4.83. The number of alkyl halides is 1. The van der Waals surface area contributed by atoms with Gasteiger partial charge < -0.3 is 0 Å². The summed E-state index contributed by atoms with van der Waals surface area (Å²) in [7, 11) is 1.77. The van der Waals surface area contributed by atoms with Gasteiger partial charge in [-0.2, -0.15) is 4.80 Å². The van der Waals surface area contributed by atoms with E-state index in [9.17, 15) is 0 Å². The lowest BCUT2D eigenvalue weighted by Gasteiger charge is -2.17. The van der Waals surface area contributed by atoms with Gasteiger partial charge in [-0.15, -0.1) is 21.8 Å². The van der Waals surface area contributed by atoms with Gasteiger partial charge in [0.1, 0.15) is 0 Å². The highest BCUT2D eigenvalue weighted by Gasteiger charge is 2.06. The van der Waals surface area contributed by atoms with E-state index in [4.69, 9.17) is 11.6 Å². The number of hydrogen-bond donors (Lipinski definition) is 0. The molecular formula is C8H16ClN5. The van der Waals surface area contributed by atoms with Gasteiger partial charge in [0.25, 0.3) is 0 Å². The van der Waals surface area contributed by atoms with Crippen molar-refractivity contribution in [3.8, 4) is 0 Å². The maximum Gasteiger partial charge on any atom is 0.188 e. The Morgan fingerprint density at radius 3 is 2.79 bits per heavy atom. The van der Waals surface area contributed by atoms with Gasteiger partial charge in [0.2, 0.25) is 0 Å². The Labute approximate surface area is 89.0 Å². The molecule has 5 nitrogen and oxygen atoms in total. The standard InChI is InChI=1S/C8H16ClN5/c1-3-14(6-4-5-9)7-8-10-12-13(2)11-8/h3-7H2,1-2H3. The van der Waals surface area contributed by atoms with Crippen LogP contribution in [0.5, 0.6) is 0 Å². The zero-order valence-corrected chi connectivity index (χ0v) is 9.41. The van der Waals surface area contributed by atoms with E-state index in [1.54, 1.807) is 7.05 Å². The summed E-state index contributed by atoms with van der Waals surface area (Å²) in [4.78, 5) is 3.73. The minimum absolute atomic E-state index is 0.699. The molecule has 0 unspecified atom stereocenters. The highest BCUT2D eigenvalue weighted by Crippen LogP contribution is 1.98. The monoisotopic (exact) mass is 217 g/mol. The molecule has 1 rings (SSSR count). The number of aryl methyl sites for hydroxylation is 1. The maximum absolute atomic E-state index is 5.64. The molecule has 0 atom stereocenters. The second-order valence-electron chi connectivity index (χ2n) is 3.11. The minimum Gasteiger partial charge on any atom is -0.296 e. The van der Waals surface area contributed by atoms with Crippen LogP contribution in [0.25, 0.3) is 0 Å². The van der Waals surface area contributed by atoms with Gasteiger partial charge in [0, 0.05) is 5.88 Å². The molecule has 0 amide bonds. The summed E-state index contributed by atoms with van der Waals surface area (Å²) in [5.41, 5.74) is 0. The molecule has 0 bridgehead atoms. The molecular weight excluding hydrogens is 202 g/mol. The van der Waals surface area contributed by atoms with Crippen molar-refractivity contribution in [3.05, 3.63) is 5.82 Å². The average Bonchev–Trinajstić information content (AvgIpc) is 2.58. The van der Waals surface area contributed by atoms with E-state index in [1.165, 1.54) is 4.80 Å². The Morgan fingerprint density at radius 1 is 1.50 bits per heavy atom. The first-order valence-corrected chi connectivity index (χ1v) is 5.31.